The van der Waals surface area contributed by atoms with Crippen molar-refractivity contribution in [2.24, 2.45) is 5.73 Å². The Bertz CT molecular complexity index is 1210. The van der Waals surface area contributed by atoms with Gasteiger partial charge in [-0.2, -0.15) is 5.10 Å². The number of aromatic nitrogens is 4. The van der Waals surface area contributed by atoms with Crippen molar-refractivity contribution in [1.29, 1.82) is 0 Å². The van der Waals surface area contributed by atoms with E-state index >= 15 is 0 Å². The summed E-state index contributed by atoms with van der Waals surface area (Å²) < 4.78 is 7.14. The molecule has 4 aromatic rings. The Hall–Kier alpha value is -3.98. The maximum atomic E-state index is 11.3. The second kappa shape index (κ2) is 8.04. The van der Waals surface area contributed by atoms with Gasteiger partial charge >= 0.3 is 0 Å². The summed E-state index contributed by atoms with van der Waals surface area (Å²) in [5.74, 6) is 0.142. The summed E-state index contributed by atoms with van der Waals surface area (Å²) in [7, 11) is 0. The second-order valence-electron chi connectivity index (χ2n) is 7.20. The molecule has 2 aromatic heterocycles. The van der Waals surface area contributed by atoms with E-state index in [4.69, 9.17) is 10.5 Å². The average molecular weight is 415 g/mol. The lowest BCUT2D eigenvalue weighted by Crippen LogP contribution is -2.36. The van der Waals surface area contributed by atoms with Crippen molar-refractivity contribution >= 4 is 28.7 Å². The number of hydrogen-bond acceptors (Lipinski definition) is 7. The quantitative estimate of drug-likeness (QED) is 0.515. The number of amides is 1. The van der Waals surface area contributed by atoms with Gasteiger partial charge in [0.25, 0.3) is 0 Å². The van der Waals surface area contributed by atoms with Gasteiger partial charge in [-0.1, -0.05) is 12.1 Å². The van der Waals surface area contributed by atoms with Crippen molar-refractivity contribution in [3.05, 3.63) is 66.6 Å². The van der Waals surface area contributed by atoms with E-state index in [-0.39, 0.29) is 0 Å². The number of nitrogens with two attached hydrogens (primary N) is 1. The fourth-order valence-electron chi connectivity index (χ4n) is 3.62. The van der Waals surface area contributed by atoms with Crippen LogP contribution in [0.15, 0.2) is 61.1 Å². The van der Waals surface area contributed by atoms with Gasteiger partial charge in [-0.05, 0) is 36.4 Å². The van der Waals surface area contributed by atoms with Gasteiger partial charge < -0.3 is 20.7 Å². The summed E-state index contributed by atoms with van der Waals surface area (Å²) in [5, 5.41) is 7.67. The molecular formula is C22H21N7O2. The van der Waals surface area contributed by atoms with Gasteiger partial charge in [0.15, 0.2) is 11.5 Å². The lowest BCUT2D eigenvalue weighted by molar-refractivity contribution is 0.100. The minimum absolute atomic E-state index is 0.449. The van der Waals surface area contributed by atoms with Crippen molar-refractivity contribution in [2.75, 3.05) is 36.5 Å². The molecule has 1 amide bonds. The molecule has 3 heterocycles. The third-order valence-corrected chi connectivity index (χ3v) is 5.28. The van der Waals surface area contributed by atoms with Crippen molar-refractivity contribution in [3.8, 4) is 11.3 Å². The number of nitrogens with zero attached hydrogens (tertiary/aromatic N) is 5. The molecule has 156 valence electrons. The topological polar surface area (TPSA) is 111 Å². The van der Waals surface area contributed by atoms with E-state index in [2.05, 4.69) is 37.4 Å². The van der Waals surface area contributed by atoms with E-state index in [0.29, 0.717) is 17.0 Å². The highest BCUT2D eigenvalue weighted by Gasteiger charge is 2.14. The molecule has 0 bridgehead atoms. The maximum absolute atomic E-state index is 11.3. The van der Waals surface area contributed by atoms with E-state index in [9.17, 15) is 4.79 Å². The molecule has 3 N–H and O–H groups in total. The van der Waals surface area contributed by atoms with Crippen LogP contribution in [0.3, 0.4) is 0 Å². The maximum Gasteiger partial charge on any atom is 0.248 e. The van der Waals surface area contributed by atoms with Crippen molar-refractivity contribution in [2.45, 2.75) is 0 Å². The summed E-state index contributed by atoms with van der Waals surface area (Å²) in [6.45, 7) is 3.31. The van der Waals surface area contributed by atoms with Crippen LogP contribution in [0.2, 0.25) is 0 Å². The molecule has 0 aliphatic carbocycles. The van der Waals surface area contributed by atoms with Gasteiger partial charge in [-0.25, -0.2) is 14.5 Å². The van der Waals surface area contributed by atoms with E-state index in [1.807, 2.05) is 24.3 Å². The molecule has 9 heteroatoms. The Morgan fingerprint density at radius 2 is 1.74 bits per heavy atom. The largest absolute Gasteiger partial charge is 0.378 e. The monoisotopic (exact) mass is 415 g/mol. The van der Waals surface area contributed by atoms with Crippen LogP contribution in [-0.4, -0.2) is 51.8 Å². The number of carbonyl (C=O) groups is 1. The third-order valence-electron chi connectivity index (χ3n) is 5.28. The first-order chi connectivity index (χ1) is 15.2. The lowest BCUT2D eigenvalue weighted by atomic mass is 10.1. The molecule has 1 aliphatic rings. The third kappa shape index (κ3) is 3.78. The SMILES string of the molecule is NC(=O)c1ccc(-c2cnc(Nc3ccc(N4CCOCC4)cc3)c3ncnn23)cc1. The molecule has 31 heavy (non-hydrogen) atoms. The smallest absolute Gasteiger partial charge is 0.248 e. The van der Waals surface area contributed by atoms with Gasteiger partial charge in [-0.15, -0.1) is 0 Å². The Morgan fingerprint density at radius 3 is 2.45 bits per heavy atom. The Kier molecular flexibility index (Phi) is 4.93. The number of primary amides is 1. The first-order valence-electron chi connectivity index (χ1n) is 9.98. The average Bonchev–Trinajstić information content (AvgIpc) is 3.31. The summed E-state index contributed by atoms with van der Waals surface area (Å²) in [5.41, 5.74) is 10.1. The van der Waals surface area contributed by atoms with Crippen LogP contribution < -0.4 is 16.0 Å². The zero-order valence-corrected chi connectivity index (χ0v) is 16.7. The number of carbonyl (C=O) groups excluding carboxylic acids is 1. The van der Waals surface area contributed by atoms with Crippen molar-refractivity contribution in [3.63, 3.8) is 0 Å². The number of morpholine rings is 1. The van der Waals surface area contributed by atoms with Crippen LogP contribution in [0.4, 0.5) is 17.2 Å². The fourth-order valence-corrected chi connectivity index (χ4v) is 3.62. The van der Waals surface area contributed by atoms with E-state index in [0.717, 1.165) is 43.2 Å². The van der Waals surface area contributed by atoms with Crippen molar-refractivity contribution in [1.82, 2.24) is 19.6 Å². The number of rotatable bonds is 5. The molecule has 9 nitrogen and oxygen atoms in total. The zero-order chi connectivity index (χ0) is 21.2. The van der Waals surface area contributed by atoms with Crippen molar-refractivity contribution < 1.29 is 9.53 Å². The minimum Gasteiger partial charge on any atom is -0.378 e. The van der Waals surface area contributed by atoms with E-state index in [1.165, 1.54) is 12.0 Å². The van der Waals surface area contributed by atoms with Crippen LogP contribution in [-0.2, 0) is 4.74 Å². The van der Waals surface area contributed by atoms with Crippen LogP contribution in [0.1, 0.15) is 10.4 Å². The van der Waals surface area contributed by atoms with Crippen LogP contribution >= 0.6 is 0 Å². The number of anilines is 3. The molecule has 0 saturated carbocycles. The highest BCUT2D eigenvalue weighted by Crippen LogP contribution is 2.26. The molecule has 0 unspecified atom stereocenters. The van der Waals surface area contributed by atoms with Gasteiger partial charge in [0, 0.05) is 35.6 Å². The van der Waals surface area contributed by atoms with E-state index in [1.54, 1.807) is 22.8 Å². The van der Waals surface area contributed by atoms with Crippen LogP contribution in [0, 0.1) is 0 Å². The molecule has 5 rings (SSSR count). The Labute approximate surface area is 178 Å². The standard InChI is InChI=1S/C22H21N7O2/c23-20(30)16-3-1-15(2-4-16)19-13-24-21(22-25-14-26-29(19)22)27-17-5-7-18(8-6-17)28-9-11-31-12-10-28/h1-8,13-14H,9-12H2,(H2,23,30)(H,24,27). The molecule has 1 fully saturated rings. The van der Waals surface area contributed by atoms with Crippen LogP contribution in [0.5, 0.6) is 0 Å². The number of hydrogen-bond donors (Lipinski definition) is 2. The number of fused-ring (bicyclic) bond motifs is 1. The first kappa shape index (κ1) is 19.0. The minimum atomic E-state index is -0.463. The molecule has 0 atom stereocenters. The predicted molar refractivity (Wildman–Crippen MR) is 117 cm³/mol. The molecular weight excluding hydrogens is 394 g/mol. The normalized spacial score (nSPS) is 14.0. The van der Waals surface area contributed by atoms with Gasteiger partial charge in [0.05, 0.1) is 25.1 Å². The van der Waals surface area contributed by atoms with Gasteiger partial charge in [0.2, 0.25) is 5.91 Å². The predicted octanol–water partition coefficient (Wildman–Crippen LogP) is 2.47. The van der Waals surface area contributed by atoms with E-state index < -0.39 is 5.91 Å². The molecule has 0 spiro atoms. The van der Waals surface area contributed by atoms with Crippen LogP contribution in [0.25, 0.3) is 16.9 Å². The second-order valence-corrected chi connectivity index (χ2v) is 7.20. The Morgan fingerprint density at radius 1 is 1.00 bits per heavy atom. The zero-order valence-electron chi connectivity index (χ0n) is 16.7. The lowest BCUT2D eigenvalue weighted by Gasteiger charge is -2.28. The van der Waals surface area contributed by atoms with Gasteiger partial charge in [0.1, 0.15) is 6.33 Å². The number of ether oxygens (including phenoxy) is 1. The summed E-state index contributed by atoms with van der Waals surface area (Å²) in [6.07, 6.45) is 3.22. The number of benzene rings is 2. The first-order valence-corrected chi connectivity index (χ1v) is 9.98. The molecule has 2 aromatic carbocycles. The summed E-state index contributed by atoms with van der Waals surface area (Å²) in [4.78, 5) is 22.6. The summed E-state index contributed by atoms with van der Waals surface area (Å²) >= 11 is 0. The molecule has 1 aliphatic heterocycles. The Balaban J connectivity index is 1.40. The highest BCUT2D eigenvalue weighted by molar-refractivity contribution is 5.93. The summed E-state index contributed by atoms with van der Waals surface area (Å²) in [6, 6.07) is 15.2. The molecule has 1 saturated heterocycles. The van der Waals surface area contributed by atoms with Gasteiger partial charge in [-0.3, -0.25) is 4.79 Å². The number of nitrogens with one attached hydrogen (secondary N) is 1. The molecule has 0 radical (unpaired) electrons. The fraction of sp³-hybridized carbons (Fsp3) is 0.182. The highest BCUT2D eigenvalue weighted by atomic mass is 16.5.